The van der Waals surface area contributed by atoms with Crippen molar-refractivity contribution in [2.75, 3.05) is 31.6 Å². The standard InChI is InChI=1S/C23H26N4O5S/c1-16-13-17(2)15-19(14-16)24-21(28)7-8-22-25-23(26-32-22)18-3-5-20(6-4-18)33(29,30)27-9-11-31-12-10-27/h3-6,13-15H,7-12H2,1-2H3,(H,24,28). The van der Waals surface area contributed by atoms with Crippen molar-refractivity contribution in [3.05, 3.63) is 59.5 Å². The van der Waals surface area contributed by atoms with Gasteiger partial charge in [0.1, 0.15) is 0 Å². The quantitative estimate of drug-likeness (QED) is 0.565. The average Bonchev–Trinajstić information content (AvgIpc) is 3.27. The van der Waals surface area contributed by atoms with E-state index in [1.807, 2.05) is 32.0 Å². The second-order valence-electron chi connectivity index (χ2n) is 7.98. The van der Waals surface area contributed by atoms with Crippen LogP contribution in [-0.2, 0) is 26.0 Å². The summed E-state index contributed by atoms with van der Waals surface area (Å²) in [6, 6.07) is 12.2. The summed E-state index contributed by atoms with van der Waals surface area (Å²) in [4.78, 5) is 16.8. The molecule has 0 atom stereocenters. The van der Waals surface area contributed by atoms with Crippen molar-refractivity contribution in [2.45, 2.75) is 31.6 Å². The molecule has 3 aromatic rings. The second-order valence-corrected chi connectivity index (χ2v) is 9.92. The van der Waals surface area contributed by atoms with Gasteiger partial charge in [0.15, 0.2) is 0 Å². The van der Waals surface area contributed by atoms with Crippen molar-refractivity contribution in [3.63, 3.8) is 0 Å². The zero-order valence-electron chi connectivity index (χ0n) is 18.6. The molecule has 1 N–H and O–H groups in total. The van der Waals surface area contributed by atoms with Gasteiger partial charge < -0.3 is 14.6 Å². The maximum atomic E-state index is 12.7. The molecule has 1 amide bonds. The first-order valence-corrected chi connectivity index (χ1v) is 12.1. The van der Waals surface area contributed by atoms with E-state index in [9.17, 15) is 13.2 Å². The highest BCUT2D eigenvalue weighted by Crippen LogP contribution is 2.22. The molecule has 10 heteroatoms. The van der Waals surface area contributed by atoms with E-state index in [0.29, 0.717) is 50.0 Å². The van der Waals surface area contributed by atoms with Crippen LogP contribution in [0.4, 0.5) is 5.69 Å². The number of sulfonamides is 1. The van der Waals surface area contributed by atoms with Crippen LogP contribution in [0.15, 0.2) is 51.9 Å². The van der Waals surface area contributed by atoms with Gasteiger partial charge in [-0.3, -0.25) is 4.79 Å². The lowest BCUT2D eigenvalue weighted by atomic mass is 10.1. The van der Waals surface area contributed by atoms with Crippen molar-refractivity contribution < 1.29 is 22.5 Å². The van der Waals surface area contributed by atoms with Gasteiger partial charge >= 0.3 is 0 Å². The summed E-state index contributed by atoms with van der Waals surface area (Å²) in [5, 5.41) is 6.84. The lowest BCUT2D eigenvalue weighted by molar-refractivity contribution is -0.116. The number of rotatable bonds is 7. The van der Waals surface area contributed by atoms with E-state index < -0.39 is 10.0 Å². The summed E-state index contributed by atoms with van der Waals surface area (Å²) in [5.74, 6) is 0.540. The van der Waals surface area contributed by atoms with Gasteiger partial charge in [-0.25, -0.2) is 8.42 Å². The number of hydrogen-bond acceptors (Lipinski definition) is 7. The monoisotopic (exact) mass is 470 g/mol. The molecule has 1 fully saturated rings. The minimum absolute atomic E-state index is 0.141. The van der Waals surface area contributed by atoms with E-state index in [1.165, 1.54) is 16.4 Å². The van der Waals surface area contributed by atoms with Gasteiger partial charge in [0.25, 0.3) is 0 Å². The van der Waals surface area contributed by atoms with Gasteiger partial charge in [-0.15, -0.1) is 0 Å². The van der Waals surface area contributed by atoms with Crippen LogP contribution in [0, 0.1) is 13.8 Å². The van der Waals surface area contributed by atoms with Crippen LogP contribution in [0.5, 0.6) is 0 Å². The van der Waals surface area contributed by atoms with Gasteiger partial charge in [-0.1, -0.05) is 11.2 Å². The topological polar surface area (TPSA) is 115 Å². The Bertz CT molecular complexity index is 1210. The number of benzene rings is 2. The molecule has 33 heavy (non-hydrogen) atoms. The van der Waals surface area contributed by atoms with Crippen LogP contribution in [0.2, 0.25) is 0 Å². The van der Waals surface area contributed by atoms with Gasteiger partial charge in [-0.05, 0) is 61.4 Å². The van der Waals surface area contributed by atoms with E-state index in [-0.39, 0.29) is 17.2 Å². The van der Waals surface area contributed by atoms with Crippen LogP contribution < -0.4 is 5.32 Å². The van der Waals surface area contributed by atoms with Gasteiger partial charge in [0.2, 0.25) is 27.6 Å². The van der Waals surface area contributed by atoms with Gasteiger partial charge in [-0.2, -0.15) is 9.29 Å². The molecule has 1 aliphatic rings. The van der Waals surface area contributed by atoms with Crippen molar-refractivity contribution in [1.29, 1.82) is 0 Å². The third-order valence-electron chi connectivity index (χ3n) is 5.26. The molecule has 174 valence electrons. The Morgan fingerprint density at radius 1 is 1.06 bits per heavy atom. The zero-order chi connectivity index (χ0) is 23.4. The Hall–Kier alpha value is -3.08. The summed E-state index contributed by atoms with van der Waals surface area (Å²) < 4.78 is 37.4. The Labute approximate surface area is 192 Å². The molecule has 1 aliphatic heterocycles. The molecule has 0 aliphatic carbocycles. The molecule has 0 bridgehead atoms. The number of carbonyl (C=O) groups is 1. The second kappa shape index (κ2) is 9.82. The fourth-order valence-electron chi connectivity index (χ4n) is 3.68. The summed E-state index contributed by atoms with van der Waals surface area (Å²) in [6.07, 6.45) is 0.498. The molecule has 9 nitrogen and oxygen atoms in total. The fourth-order valence-corrected chi connectivity index (χ4v) is 5.08. The number of hydrogen-bond donors (Lipinski definition) is 1. The molecule has 2 heterocycles. The predicted molar refractivity (Wildman–Crippen MR) is 122 cm³/mol. The number of nitrogens with one attached hydrogen (secondary N) is 1. The van der Waals surface area contributed by atoms with Crippen molar-refractivity contribution in [2.24, 2.45) is 0 Å². The van der Waals surface area contributed by atoms with Gasteiger partial charge in [0.05, 0.1) is 18.1 Å². The number of amides is 1. The Balaban J connectivity index is 1.36. The molecule has 1 aromatic heterocycles. The first kappa shape index (κ1) is 23.1. The average molecular weight is 471 g/mol. The SMILES string of the molecule is Cc1cc(C)cc(NC(=O)CCc2nc(-c3ccc(S(=O)(=O)N4CCOCC4)cc3)no2)c1. The largest absolute Gasteiger partial charge is 0.379 e. The minimum atomic E-state index is -3.56. The number of ether oxygens (including phenoxy) is 1. The van der Waals surface area contributed by atoms with Crippen molar-refractivity contribution in [3.8, 4) is 11.4 Å². The first-order chi connectivity index (χ1) is 15.8. The summed E-state index contributed by atoms with van der Waals surface area (Å²) in [6.45, 7) is 5.43. The van der Waals surface area contributed by atoms with Crippen molar-refractivity contribution >= 4 is 21.6 Å². The highest BCUT2D eigenvalue weighted by Gasteiger charge is 2.26. The number of morpholine rings is 1. The van der Waals surface area contributed by atoms with Gasteiger partial charge in [0, 0.05) is 37.2 Å². The first-order valence-electron chi connectivity index (χ1n) is 10.7. The molecule has 4 rings (SSSR count). The predicted octanol–water partition coefficient (Wildman–Crippen LogP) is 2.95. The minimum Gasteiger partial charge on any atom is -0.379 e. The van der Waals surface area contributed by atoms with Crippen LogP contribution in [-0.4, -0.2) is 55.1 Å². The van der Waals surface area contributed by atoms with Crippen LogP contribution >= 0.6 is 0 Å². The Morgan fingerprint density at radius 2 is 1.73 bits per heavy atom. The zero-order valence-corrected chi connectivity index (χ0v) is 19.4. The smallest absolute Gasteiger partial charge is 0.243 e. The van der Waals surface area contributed by atoms with Crippen LogP contribution in [0.3, 0.4) is 0 Å². The maximum absolute atomic E-state index is 12.7. The van der Waals surface area contributed by atoms with E-state index >= 15 is 0 Å². The maximum Gasteiger partial charge on any atom is 0.243 e. The highest BCUT2D eigenvalue weighted by atomic mass is 32.2. The van der Waals surface area contributed by atoms with E-state index in [1.54, 1.807) is 12.1 Å². The fraction of sp³-hybridized carbons (Fsp3) is 0.348. The normalized spacial score (nSPS) is 14.8. The van der Waals surface area contributed by atoms with Crippen molar-refractivity contribution in [1.82, 2.24) is 14.4 Å². The molecule has 0 spiro atoms. The summed E-state index contributed by atoms with van der Waals surface area (Å²) in [7, 11) is -3.56. The van der Waals surface area contributed by atoms with E-state index in [4.69, 9.17) is 9.26 Å². The molecular formula is C23H26N4O5S. The van der Waals surface area contributed by atoms with E-state index in [2.05, 4.69) is 15.5 Å². The summed E-state index contributed by atoms with van der Waals surface area (Å²) >= 11 is 0. The molecule has 0 unspecified atom stereocenters. The van der Waals surface area contributed by atoms with Crippen LogP contribution in [0.25, 0.3) is 11.4 Å². The highest BCUT2D eigenvalue weighted by molar-refractivity contribution is 7.89. The molecule has 1 saturated heterocycles. The third kappa shape index (κ3) is 5.65. The number of nitrogens with zero attached hydrogens (tertiary/aromatic N) is 3. The third-order valence-corrected chi connectivity index (χ3v) is 7.17. The number of carbonyl (C=O) groups excluding carboxylic acids is 1. The number of anilines is 1. The summed E-state index contributed by atoms with van der Waals surface area (Å²) in [5.41, 5.74) is 3.55. The molecule has 0 radical (unpaired) electrons. The molecule has 0 saturated carbocycles. The molecular weight excluding hydrogens is 444 g/mol. The number of aryl methyl sites for hydroxylation is 3. The van der Waals surface area contributed by atoms with Crippen LogP contribution in [0.1, 0.15) is 23.4 Å². The Kier molecular flexibility index (Phi) is 6.87. The Morgan fingerprint density at radius 3 is 2.39 bits per heavy atom. The lowest BCUT2D eigenvalue weighted by Gasteiger charge is -2.26. The molecule has 2 aromatic carbocycles. The lowest BCUT2D eigenvalue weighted by Crippen LogP contribution is -2.40. The number of aromatic nitrogens is 2. The van der Waals surface area contributed by atoms with E-state index in [0.717, 1.165) is 16.8 Å².